The molecule has 1 unspecified atom stereocenters. The Hall–Kier alpha value is -4.11. The van der Waals surface area contributed by atoms with E-state index in [2.05, 4.69) is 20.0 Å². The molecule has 1 aliphatic heterocycles. The quantitative estimate of drug-likeness (QED) is 0.288. The first kappa shape index (κ1) is 29.4. The SMILES string of the molecule is CN(CCS(C)=O)C(=O)c1cc(N2CCN(CCN(C)c3nc(N)n4nc(-c5ccco5)cc4n3)CC2)c(F)cc1F. The zero-order chi connectivity index (χ0) is 30.0. The zero-order valence-corrected chi connectivity index (χ0v) is 24.5. The summed E-state index contributed by atoms with van der Waals surface area (Å²) in [6.07, 6.45) is 3.11. The normalized spacial score (nSPS) is 14.8. The number of aromatic nitrogens is 4. The van der Waals surface area contributed by atoms with Crippen molar-refractivity contribution >= 4 is 39.9 Å². The van der Waals surface area contributed by atoms with Crippen LogP contribution in [0.4, 0.5) is 26.4 Å². The van der Waals surface area contributed by atoms with Gasteiger partial charge >= 0.3 is 0 Å². The summed E-state index contributed by atoms with van der Waals surface area (Å²) in [7, 11) is 2.30. The molecule has 42 heavy (non-hydrogen) atoms. The van der Waals surface area contributed by atoms with Gasteiger partial charge in [0.05, 0.1) is 17.5 Å². The number of benzene rings is 1. The lowest BCUT2D eigenvalue weighted by atomic mass is 10.1. The fourth-order valence-corrected chi connectivity index (χ4v) is 5.26. The van der Waals surface area contributed by atoms with Crippen molar-refractivity contribution in [3.05, 3.63) is 53.8 Å². The minimum absolute atomic E-state index is 0.191. The lowest BCUT2D eigenvalue weighted by molar-refractivity contribution is 0.0799. The Morgan fingerprint density at radius 2 is 1.86 bits per heavy atom. The highest BCUT2D eigenvalue weighted by Gasteiger charge is 2.25. The number of nitrogens with zero attached hydrogens (tertiary/aromatic N) is 8. The summed E-state index contributed by atoms with van der Waals surface area (Å²) in [5.41, 5.74) is 7.30. The van der Waals surface area contributed by atoms with Crippen molar-refractivity contribution in [1.29, 1.82) is 0 Å². The number of amides is 1. The first-order valence-electron chi connectivity index (χ1n) is 13.4. The van der Waals surface area contributed by atoms with E-state index < -0.39 is 28.3 Å². The summed E-state index contributed by atoms with van der Waals surface area (Å²) in [4.78, 5) is 29.1. The van der Waals surface area contributed by atoms with E-state index in [4.69, 9.17) is 10.2 Å². The standard InChI is InChI=1S/C27H33F2N9O3S/c1-34(12-14-42(3)40)25(39)18-15-22(20(29)16-19(18)28)37-10-8-36(9-11-37)7-6-35(2)27-31-24-17-21(23-5-4-13-41-23)33-38(24)26(30)32-27/h4-5,13,15-17H,6-12,14H2,1-3H3,(H2,30,31,32). The van der Waals surface area contributed by atoms with Crippen molar-refractivity contribution < 1.29 is 22.2 Å². The number of hydrogen-bond acceptors (Lipinski definition) is 10. The van der Waals surface area contributed by atoms with Gasteiger partial charge in [-0.05, 0) is 18.2 Å². The number of furan rings is 1. The molecule has 0 saturated carbocycles. The molecular weight excluding hydrogens is 568 g/mol. The minimum Gasteiger partial charge on any atom is -0.463 e. The lowest BCUT2D eigenvalue weighted by Gasteiger charge is -2.37. The second-order valence-corrected chi connectivity index (χ2v) is 11.8. The first-order chi connectivity index (χ1) is 20.1. The van der Waals surface area contributed by atoms with Gasteiger partial charge in [-0.3, -0.25) is 13.9 Å². The maximum Gasteiger partial charge on any atom is 0.256 e. The third-order valence-electron chi connectivity index (χ3n) is 7.24. The van der Waals surface area contributed by atoms with Gasteiger partial charge in [0, 0.05) is 94.8 Å². The Kier molecular flexibility index (Phi) is 8.68. The zero-order valence-electron chi connectivity index (χ0n) is 23.7. The van der Waals surface area contributed by atoms with E-state index in [0.717, 1.165) is 6.07 Å². The first-order valence-corrected chi connectivity index (χ1v) is 15.1. The van der Waals surface area contributed by atoms with Crippen molar-refractivity contribution in [3.63, 3.8) is 0 Å². The number of anilines is 3. The van der Waals surface area contributed by atoms with Crippen molar-refractivity contribution in [2.75, 3.05) is 87.5 Å². The van der Waals surface area contributed by atoms with Gasteiger partial charge in [0.2, 0.25) is 11.9 Å². The molecule has 1 atom stereocenters. The number of halogens is 2. The lowest BCUT2D eigenvalue weighted by Crippen LogP contribution is -2.48. The highest BCUT2D eigenvalue weighted by Crippen LogP contribution is 2.26. The molecule has 5 rings (SSSR count). The molecule has 15 heteroatoms. The number of nitrogens with two attached hydrogens (primary N) is 1. The summed E-state index contributed by atoms with van der Waals surface area (Å²) < 4.78 is 47.6. The van der Waals surface area contributed by atoms with Gasteiger partial charge in [0.1, 0.15) is 17.3 Å². The molecule has 0 spiro atoms. The minimum atomic E-state index is -1.09. The van der Waals surface area contributed by atoms with Gasteiger partial charge in [-0.1, -0.05) is 0 Å². The molecule has 1 fully saturated rings. The van der Waals surface area contributed by atoms with Crippen LogP contribution in [-0.2, 0) is 10.8 Å². The molecule has 4 aromatic rings. The van der Waals surface area contributed by atoms with Crippen molar-refractivity contribution in [1.82, 2.24) is 29.4 Å². The summed E-state index contributed by atoms with van der Waals surface area (Å²) in [6, 6.07) is 7.41. The number of fused-ring (bicyclic) bond motifs is 1. The third-order valence-corrected chi connectivity index (χ3v) is 8.00. The predicted octanol–water partition coefficient (Wildman–Crippen LogP) is 1.95. The molecule has 1 amide bonds. The molecule has 224 valence electrons. The van der Waals surface area contributed by atoms with Crippen LogP contribution in [0, 0.1) is 11.6 Å². The number of piperazine rings is 1. The molecule has 2 N–H and O–H groups in total. The van der Waals surface area contributed by atoms with E-state index in [0.29, 0.717) is 62.3 Å². The fraction of sp³-hybridized carbons (Fsp3) is 0.407. The average molecular weight is 602 g/mol. The van der Waals surface area contributed by atoms with Gasteiger partial charge < -0.3 is 24.9 Å². The van der Waals surface area contributed by atoms with E-state index in [1.54, 1.807) is 24.5 Å². The van der Waals surface area contributed by atoms with Crippen LogP contribution in [0.3, 0.4) is 0 Å². The predicted molar refractivity (Wildman–Crippen MR) is 157 cm³/mol. The smallest absolute Gasteiger partial charge is 0.256 e. The molecule has 0 bridgehead atoms. The number of hydrogen-bond donors (Lipinski definition) is 1. The summed E-state index contributed by atoms with van der Waals surface area (Å²) in [5, 5.41) is 4.42. The Morgan fingerprint density at radius 1 is 1.10 bits per heavy atom. The number of nitrogen functional groups attached to an aromatic ring is 1. The van der Waals surface area contributed by atoms with E-state index in [1.165, 1.54) is 28.8 Å². The summed E-state index contributed by atoms with van der Waals surface area (Å²) in [6.45, 7) is 3.83. The van der Waals surface area contributed by atoms with Crippen molar-refractivity contribution in [3.8, 4) is 11.5 Å². The highest BCUT2D eigenvalue weighted by molar-refractivity contribution is 7.84. The monoisotopic (exact) mass is 601 g/mol. The molecule has 3 aromatic heterocycles. The Morgan fingerprint density at radius 3 is 2.55 bits per heavy atom. The van der Waals surface area contributed by atoms with Crippen LogP contribution in [0.15, 0.2) is 41.0 Å². The largest absolute Gasteiger partial charge is 0.463 e. The fourth-order valence-electron chi connectivity index (χ4n) is 4.73. The maximum atomic E-state index is 14.8. The number of likely N-dealkylation sites (N-methyl/N-ethyl adjacent to an activating group) is 1. The van der Waals surface area contributed by atoms with Crippen molar-refractivity contribution in [2.24, 2.45) is 0 Å². The van der Waals surface area contributed by atoms with Crippen LogP contribution in [-0.4, -0.2) is 111 Å². The Labute approximate surface area is 244 Å². The molecular formula is C27H33F2N9O3S. The summed E-state index contributed by atoms with van der Waals surface area (Å²) >= 11 is 0. The van der Waals surface area contributed by atoms with Gasteiger partial charge in [0.25, 0.3) is 5.91 Å². The van der Waals surface area contributed by atoms with Gasteiger partial charge in [0.15, 0.2) is 11.4 Å². The number of rotatable bonds is 10. The van der Waals surface area contributed by atoms with Crippen LogP contribution in [0.25, 0.3) is 17.1 Å². The van der Waals surface area contributed by atoms with Crippen LogP contribution >= 0.6 is 0 Å². The van der Waals surface area contributed by atoms with E-state index in [9.17, 15) is 17.8 Å². The second kappa shape index (κ2) is 12.4. The summed E-state index contributed by atoms with van der Waals surface area (Å²) in [5.74, 6) is -0.648. The van der Waals surface area contributed by atoms with E-state index in [-0.39, 0.29) is 29.5 Å². The highest BCUT2D eigenvalue weighted by atomic mass is 32.2. The topological polar surface area (TPSA) is 129 Å². The van der Waals surface area contributed by atoms with Crippen LogP contribution < -0.4 is 15.5 Å². The van der Waals surface area contributed by atoms with Gasteiger partial charge in [-0.25, -0.2) is 8.78 Å². The average Bonchev–Trinajstić information content (AvgIpc) is 3.65. The third kappa shape index (κ3) is 6.36. The van der Waals surface area contributed by atoms with Gasteiger partial charge in [-0.2, -0.15) is 19.6 Å². The molecule has 1 aromatic carbocycles. The van der Waals surface area contributed by atoms with E-state index >= 15 is 0 Å². The molecule has 1 aliphatic rings. The van der Waals surface area contributed by atoms with Crippen LogP contribution in [0.5, 0.6) is 0 Å². The second-order valence-electron chi connectivity index (χ2n) is 10.2. The number of carbonyl (C=O) groups excluding carboxylic acids is 1. The van der Waals surface area contributed by atoms with Crippen molar-refractivity contribution in [2.45, 2.75) is 0 Å². The van der Waals surface area contributed by atoms with Crippen LogP contribution in [0.1, 0.15) is 10.4 Å². The van der Waals surface area contributed by atoms with E-state index in [1.807, 2.05) is 16.8 Å². The maximum absolute atomic E-state index is 14.8. The number of carbonyl (C=O) groups is 1. The van der Waals surface area contributed by atoms with Gasteiger partial charge in [-0.15, -0.1) is 0 Å². The molecule has 4 heterocycles. The Bertz CT molecular complexity index is 1590. The molecule has 0 aliphatic carbocycles. The molecule has 1 saturated heterocycles. The van der Waals surface area contributed by atoms with Crippen LogP contribution in [0.2, 0.25) is 0 Å². The molecule has 12 nitrogen and oxygen atoms in total. The Balaban J connectivity index is 1.19. The molecule has 0 radical (unpaired) electrons.